The van der Waals surface area contributed by atoms with E-state index in [-0.39, 0.29) is 5.97 Å². The van der Waals surface area contributed by atoms with E-state index in [1.165, 1.54) is 43.9 Å². The van der Waals surface area contributed by atoms with Gasteiger partial charge in [-0.15, -0.1) is 11.3 Å². The van der Waals surface area contributed by atoms with Gasteiger partial charge < -0.3 is 4.74 Å². The summed E-state index contributed by atoms with van der Waals surface area (Å²) in [6.45, 7) is 1.94. The molecule has 0 N–H and O–H groups in total. The molecule has 0 radical (unpaired) electrons. The van der Waals surface area contributed by atoms with Gasteiger partial charge in [0.25, 0.3) is 0 Å². The number of hydrogen-bond donors (Lipinski definition) is 0. The zero-order valence-corrected chi connectivity index (χ0v) is 18.2. The lowest BCUT2D eigenvalue weighted by Gasteiger charge is -2.36. The Balaban J connectivity index is 1.49. The molecule has 0 amide bonds. The van der Waals surface area contributed by atoms with E-state index in [4.69, 9.17) is 4.74 Å². The minimum Gasteiger partial charge on any atom is -0.465 e. The molecule has 1 atom stereocenters. The van der Waals surface area contributed by atoms with E-state index in [2.05, 4.69) is 58.7 Å². The predicted molar refractivity (Wildman–Crippen MR) is 121 cm³/mol. The fraction of sp³-hybridized carbons (Fsp3) is 0.346. The van der Waals surface area contributed by atoms with Crippen molar-refractivity contribution in [1.82, 2.24) is 4.90 Å². The topological polar surface area (TPSA) is 29.5 Å². The molecule has 2 aromatic carbocycles. The first-order valence-corrected chi connectivity index (χ1v) is 11.7. The van der Waals surface area contributed by atoms with Gasteiger partial charge in [-0.1, -0.05) is 42.5 Å². The van der Waals surface area contributed by atoms with Crippen molar-refractivity contribution in [2.24, 2.45) is 0 Å². The quantitative estimate of drug-likeness (QED) is 0.521. The van der Waals surface area contributed by atoms with E-state index in [9.17, 15) is 4.79 Å². The van der Waals surface area contributed by atoms with Gasteiger partial charge in [0, 0.05) is 22.8 Å². The van der Waals surface area contributed by atoms with Crippen molar-refractivity contribution >= 4 is 17.3 Å². The van der Waals surface area contributed by atoms with E-state index in [0.29, 0.717) is 11.6 Å². The van der Waals surface area contributed by atoms with Crippen LogP contribution >= 0.6 is 11.3 Å². The molecule has 0 spiro atoms. The maximum absolute atomic E-state index is 11.8. The minimum atomic E-state index is -0.282. The summed E-state index contributed by atoms with van der Waals surface area (Å²) in [6.07, 6.45) is 6.33. The molecular weight excluding hydrogens is 390 g/mol. The van der Waals surface area contributed by atoms with Crippen LogP contribution in [0.4, 0.5) is 0 Å². The Morgan fingerprint density at radius 3 is 2.53 bits per heavy atom. The van der Waals surface area contributed by atoms with E-state index >= 15 is 0 Å². The number of hydrogen-bond acceptors (Lipinski definition) is 4. The number of esters is 1. The highest BCUT2D eigenvalue weighted by Crippen LogP contribution is 2.45. The fourth-order valence-corrected chi connectivity index (χ4v) is 6.57. The van der Waals surface area contributed by atoms with Gasteiger partial charge in [0.15, 0.2) is 0 Å². The second kappa shape index (κ2) is 8.37. The highest BCUT2D eigenvalue weighted by Gasteiger charge is 2.33. The van der Waals surface area contributed by atoms with Crippen LogP contribution < -0.4 is 0 Å². The van der Waals surface area contributed by atoms with Crippen LogP contribution in [0.3, 0.4) is 0 Å². The van der Waals surface area contributed by atoms with Crippen LogP contribution in [-0.2, 0) is 30.5 Å². The molecule has 0 unspecified atom stereocenters. The second-order valence-corrected chi connectivity index (χ2v) is 9.41. The number of benzene rings is 2. The molecule has 0 fully saturated rings. The molecule has 1 aliphatic carbocycles. The van der Waals surface area contributed by atoms with Gasteiger partial charge in [-0.25, -0.2) is 4.79 Å². The fourth-order valence-electron chi connectivity index (χ4n) is 4.96. The number of thiophene rings is 1. The van der Waals surface area contributed by atoms with Gasteiger partial charge in [-0.2, -0.15) is 0 Å². The summed E-state index contributed by atoms with van der Waals surface area (Å²) in [5, 5.41) is 0. The number of carbonyl (C=O) groups excluding carboxylic acids is 1. The number of methoxy groups -OCH3 is 1. The molecule has 3 nitrogen and oxygen atoms in total. The lowest BCUT2D eigenvalue weighted by atomic mass is 9.88. The Bertz CT molecular complexity index is 1040. The van der Waals surface area contributed by atoms with E-state index in [1.54, 1.807) is 20.9 Å². The van der Waals surface area contributed by atoms with Crippen molar-refractivity contribution in [2.75, 3.05) is 13.7 Å². The molecule has 5 rings (SSSR count). The Labute approximate surface area is 182 Å². The van der Waals surface area contributed by atoms with Gasteiger partial charge >= 0.3 is 5.97 Å². The van der Waals surface area contributed by atoms with Crippen LogP contribution in [0, 0.1) is 0 Å². The number of aryl methyl sites for hydroxylation is 1. The number of ether oxygens (including phenoxy) is 1. The van der Waals surface area contributed by atoms with Crippen LogP contribution in [0.5, 0.6) is 0 Å². The Morgan fingerprint density at radius 1 is 1.00 bits per heavy atom. The average Bonchev–Trinajstić information content (AvgIpc) is 3.18. The maximum atomic E-state index is 11.8. The highest BCUT2D eigenvalue weighted by atomic mass is 32.1. The molecule has 0 saturated carbocycles. The molecule has 2 aliphatic rings. The van der Waals surface area contributed by atoms with Crippen LogP contribution in [0.25, 0.3) is 0 Å². The smallest absolute Gasteiger partial charge is 0.337 e. The van der Waals surface area contributed by atoms with Crippen molar-refractivity contribution < 1.29 is 9.53 Å². The third-order valence-electron chi connectivity index (χ3n) is 6.45. The average molecular weight is 418 g/mol. The molecule has 4 heteroatoms. The van der Waals surface area contributed by atoms with Gasteiger partial charge in [-0.05, 0) is 66.5 Å². The van der Waals surface area contributed by atoms with Crippen molar-refractivity contribution in [3.8, 4) is 0 Å². The van der Waals surface area contributed by atoms with Crippen molar-refractivity contribution in [2.45, 2.75) is 44.7 Å². The summed E-state index contributed by atoms with van der Waals surface area (Å²) in [6, 6.07) is 19.1. The molecule has 30 heavy (non-hydrogen) atoms. The summed E-state index contributed by atoms with van der Waals surface area (Å²) < 4.78 is 4.83. The van der Waals surface area contributed by atoms with Crippen molar-refractivity contribution in [3.63, 3.8) is 0 Å². The van der Waals surface area contributed by atoms with Crippen molar-refractivity contribution in [1.29, 1.82) is 0 Å². The lowest BCUT2D eigenvalue weighted by Crippen LogP contribution is -2.35. The molecule has 2 heterocycles. The SMILES string of the molecule is COC(=O)c1ccc(CN2CCc3c(sc4c3CCCC4)[C@@H]2c2ccccc2)cc1. The van der Waals surface area contributed by atoms with Crippen LogP contribution in [-0.4, -0.2) is 24.5 Å². The predicted octanol–water partition coefficient (Wildman–Crippen LogP) is 5.56. The van der Waals surface area contributed by atoms with E-state index in [0.717, 1.165) is 19.5 Å². The standard InChI is InChI=1S/C26H27NO2S/c1-29-26(28)20-13-11-18(12-14-20)17-27-16-15-22-21-9-5-6-10-23(21)30-25(22)24(27)19-7-3-2-4-8-19/h2-4,7-8,11-14,24H,5-6,9-10,15-17H2,1H3/t24-/m0/s1. The van der Waals surface area contributed by atoms with Gasteiger partial charge in [-0.3, -0.25) is 4.90 Å². The first-order valence-electron chi connectivity index (χ1n) is 10.8. The second-order valence-electron chi connectivity index (χ2n) is 8.28. The van der Waals surface area contributed by atoms with E-state index < -0.39 is 0 Å². The summed E-state index contributed by atoms with van der Waals surface area (Å²) in [5.41, 5.74) is 6.52. The summed E-state index contributed by atoms with van der Waals surface area (Å²) in [5.74, 6) is -0.282. The molecule has 154 valence electrons. The third kappa shape index (κ3) is 3.59. The number of fused-ring (bicyclic) bond motifs is 3. The van der Waals surface area contributed by atoms with Crippen LogP contribution in [0.1, 0.15) is 61.2 Å². The normalized spacial score (nSPS) is 18.5. The third-order valence-corrected chi connectivity index (χ3v) is 7.84. The van der Waals surface area contributed by atoms with Gasteiger partial charge in [0.1, 0.15) is 0 Å². The first-order chi connectivity index (χ1) is 14.7. The van der Waals surface area contributed by atoms with Crippen molar-refractivity contribution in [3.05, 3.63) is 92.2 Å². The Morgan fingerprint density at radius 2 is 1.77 bits per heavy atom. The number of carbonyl (C=O) groups is 1. The van der Waals surface area contributed by atoms with Crippen LogP contribution in [0.15, 0.2) is 54.6 Å². The zero-order valence-electron chi connectivity index (χ0n) is 17.4. The zero-order chi connectivity index (χ0) is 20.5. The minimum absolute atomic E-state index is 0.282. The van der Waals surface area contributed by atoms with Gasteiger partial charge in [0.05, 0.1) is 18.7 Å². The largest absolute Gasteiger partial charge is 0.465 e. The maximum Gasteiger partial charge on any atom is 0.337 e. The monoisotopic (exact) mass is 417 g/mol. The summed E-state index contributed by atoms with van der Waals surface area (Å²) in [4.78, 5) is 17.6. The van der Waals surface area contributed by atoms with E-state index in [1.807, 2.05) is 12.1 Å². The molecule has 1 aromatic heterocycles. The highest BCUT2D eigenvalue weighted by molar-refractivity contribution is 7.12. The number of rotatable bonds is 4. The molecule has 0 bridgehead atoms. The summed E-state index contributed by atoms with van der Waals surface area (Å²) >= 11 is 2.06. The molecule has 0 saturated heterocycles. The first kappa shape index (κ1) is 19.5. The lowest BCUT2D eigenvalue weighted by molar-refractivity contribution is 0.0600. The molecular formula is C26H27NO2S. The molecule has 3 aromatic rings. The number of nitrogens with zero attached hydrogens (tertiary/aromatic N) is 1. The molecule has 1 aliphatic heterocycles. The van der Waals surface area contributed by atoms with Crippen LogP contribution in [0.2, 0.25) is 0 Å². The Hall–Kier alpha value is -2.43. The van der Waals surface area contributed by atoms with Gasteiger partial charge in [0.2, 0.25) is 0 Å². The summed E-state index contributed by atoms with van der Waals surface area (Å²) in [7, 11) is 1.42. The Kier molecular flexibility index (Phi) is 5.45.